The van der Waals surface area contributed by atoms with Gasteiger partial charge in [0, 0.05) is 9.75 Å². The zero-order chi connectivity index (χ0) is 18.8. The number of aliphatic hydroxyl groups is 1. The minimum atomic E-state index is -3.52. The highest BCUT2D eigenvalue weighted by molar-refractivity contribution is 7.92. The lowest BCUT2D eigenvalue weighted by Crippen LogP contribution is -2.43. The number of thiophene rings is 1. The minimum absolute atomic E-state index is 0.0341. The molecular weight excluding hydrogens is 374 g/mol. The molecule has 1 fully saturated rings. The van der Waals surface area contributed by atoms with Gasteiger partial charge < -0.3 is 5.11 Å². The lowest BCUT2D eigenvalue weighted by molar-refractivity contribution is -0.130. The van der Waals surface area contributed by atoms with Crippen LogP contribution in [0.25, 0.3) is 10.4 Å². The van der Waals surface area contributed by atoms with E-state index in [0.29, 0.717) is 17.7 Å². The van der Waals surface area contributed by atoms with Crippen molar-refractivity contribution in [3.8, 4) is 10.4 Å². The van der Waals surface area contributed by atoms with E-state index in [4.69, 9.17) is 10.3 Å². The standard InChI is InChI=1S/C18H21NO5S2/c20-12-13-3-5-14(6-4-13)15-7-8-16(25-15)18(11-17(21)19-22)9-1-2-10-26(18,23)24/h3-8,20,22H,1-2,9-12H2,(H,19,21)/t18-/m0/s1. The van der Waals surface area contributed by atoms with Crippen molar-refractivity contribution in [2.75, 3.05) is 5.75 Å². The molecule has 140 valence electrons. The van der Waals surface area contributed by atoms with E-state index in [2.05, 4.69) is 0 Å². The largest absolute Gasteiger partial charge is 0.392 e. The van der Waals surface area contributed by atoms with Crippen LogP contribution < -0.4 is 5.48 Å². The Morgan fingerprint density at radius 3 is 2.50 bits per heavy atom. The second-order valence-corrected chi connectivity index (χ2v) is 10.0. The monoisotopic (exact) mass is 395 g/mol. The first-order valence-electron chi connectivity index (χ1n) is 8.37. The van der Waals surface area contributed by atoms with Crippen molar-refractivity contribution in [3.05, 3.63) is 46.8 Å². The predicted molar refractivity (Wildman–Crippen MR) is 99.5 cm³/mol. The molecule has 6 nitrogen and oxygen atoms in total. The Morgan fingerprint density at radius 1 is 1.15 bits per heavy atom. The number of hydrogen-bond acceptors (Lipinski definition) is 6. The molecule has 26 heavy (non-hydrogen) atoms. The molecule has 1 aromatic heterocycles. The Morgan fingerprint density at radius 2 is 1.88 bits per heavy atom. The first-order valence-corrected chi connectivity index (χ1v) is 10.8. The van der Waals surface area contributed by atoms with Crippen LogP contribution in [0.1, 0.15) is 36.1 Å². The number of sulfone groups is 1. The van der Waals surface area contributed by atoms with Crippen LogP contribution in [0.3, 0.4) is 0 Å². The SMILES string of the molecule is O=C(C[C@]1(c2ccc(-c3ccc(CO)cc3)s2)CCCCS1(=O)=O)NO. The molecule has 8 heteroatoms. The second-order valence-electron chi connectivity index (χ2n) is 6.50. The maximum atomic E-state index is 12.9. The van der Waals surface area contributed by atoms with E-state index < -0.39 is 20.5 Å². The van der Waals surface area contributed by atoms with Gasteiger partial charge in [-0.2, -0.15) is 0 Å². The van der Waals surface area contributed by atoms with E-state index in [0.717, 1.165) is 22.4 Å². The molecule has 2 heterocycles. The number of hydrogen-bond donors (Lipinski definition) is 3. The fourth-order valence-electron chi connectivity index (χ4n) is 3.43. The summed E-state index contributed by atoms with van der Waals surface area (Å²) in [6.07, 6.45) is 1.39. The molecule has 1 saturated heterocycles. The fourth-order valence-corrected chi connectivity index (χ4v) is 7.21. The lowest BCUT2D eigenvalue weighted by Gasteiger charge is -2.35. The highest BCUT2D eigenvalue weighted by atomic mass is 32.2. The number of amides is 1. The summed E-state index contributed by atoms with van der Waals surface area (Å²) >= 11 is 1.36. The summed E-state index contributed by atoms with van der Waals surface area (Å²) in [6, 6.07) is 11.0. The molecule has 1 atom stereocenters. The van der Waals surface area contributed by atoms with E-state index in [1.165, 1.54) is 11.3 Å². The Bertz CT molecular complexity index is 889. The van der Waals surface area contributed by atoms with Crippen molar-refractivity contribution in [1.29, 1.82) is 0 Å². The number of carbonyl (C=O) groups is 1. The summed E-state index contributed by atoms with van der Waals surface area (Å²) < 4.78 is 24.5. The zero-order valence-electron chi connectivity index (χ0n) is 14.1. The van der Waals surface area contributed by atoms with Gasteiger partial charge in [-0.15, -0.1) is 11.3 Å². The Kier molecular flexibility index (Phi) is 5.47. The number of nitrogens with one attached hydrogen (secondary N) is 1. The van der Waals surface area contributed by atoms with Crippen molar-refractivity contribution in [2.45, 2.75) is 37.0 Å². The van der Waals surface area contributed by atoms with Crippen LogP contribution in [0, 0.1) is 0 Å². The Hall–Kier alpha value is -1.74. The first kappa shape index (κ1) is 19.0. The van der Waals surface area contributed by atoms with Gasteiger partial charge in [-0.3, -0.25) is 10.0 Å². The van der Waals surface area contributed by atoms with Crippen molar-refractivity contribution in [2.24, 2.45) is 0 Å². The highest BCUT2D eigenvalue weighted by Gasteiger charge is 2.49. The molecule has 0 unspecified atom stereocenters. The van der Waals surface area contributed by atoms with E-state index in [1.54, 1.807) is 11.5 Å². The van der Waals surface area contributed by atoms with Gasteiger partial charge in [0.05, 0.1) is 18.8 Å². The number of carbonyl (C=O) groups excluding carboxylic acids is 1. The summed E-state index contributed by atoms with van der Waals surface area (Å²) in [5.41, 5.74) is 3.30. The molecule has 1 aliphatic rings. The van der Waals surface area contributed by atoms with Crippen LogP contribution in [0.4, 0.5) is 0 Å². The van der Waals surface area contributed by atoms with Crippen LogP contribution in [0.2, 0.25) is 0 Å². The number of benzene rings is 1. The average molecular weight is 396 g/mol. The average Bonchev–Trinajstić information content (AvgIpc) is 3.14. The van der Waals surface area contributed by atoms with Crippen molar-refractivity contribution in [3.63, 3.8) is 0 Å². The third-order valence-electron chi connectivity index (χ3n) is 4.89. The molecular formula is C18H21NO5S2. The van der Waals surface area contributed by atoms with Crippen LogP contribution >= 0.6 is 11.3 Å². The van der Waals surface area contributed by atoms with Gasteiger partial charge in [-0.1, -0.05) is 30.7 Å². The van der Waals surface area contributed by atoms with E-state index >= 15 is 0 Å². The quantitative estimate of drug-likeness (QED) is 0.533. The Labute approximate surface area is 156 Å². The van der Waals surface area contributed by atoms with Crippen LogP contribution in [0.5, 0.6) is 0 Å². The molecule has 0 radical (unpaired) electrons. The van der Waals surface area contributed by atoms with Gasteiger partial charge in [-0.25, -0.2) is 13.9 Å². The number of hydroxylamine groups is 1. The smallest absolute Gasteiger partial charge is 0.245 e. The van der Waals surface area contributed by atoms with Gasteiger partial charge in [0.15, 0.2) is 9.84 Å². The number of aliphatic hydroxyl groups excluding tert-OH is 1. The van der Waals surface area contributed by atoms with E-state index in [9.17, 15) is 13.2 Å². The van der Waals surface area contributed by atoms with Crippen molar-refractivity contribution in [1.82, 2.24) is 5.48 Å². The maximum Gasteiger partial charge on any atom is 0.245 e. The first-order chi connectivity index (χ1) is 12.4. The molecule has 3 rings (SSSR count). The summed E-state index contributed by atoms with van der Waals surface area (Å²) in [7, 11) is -3.52. The topological polar surface area (TPSA) is 104 Å². The summed E-state index contributed by atoms with van der Waals surface area (Å²) in [6.45, 7) is -0.0341. The van der Waals surface area contributed by atoms with Crippen molar-refractivity contribution >= 4 is 27.1 Å². The highest BCUT2D eigenvalue weighted by Crippen LogP contribution is 2.47. The summed E-state index contributed by atoms with van der Waals surface area (Å²) in [5, 5.41) is 18.1. The third kappa shape index (κ3) is 3.42. The fraction of sp³-hybridized carbons (Fsp3) is 0.389. The molecule has 1 aromatic carbocycles. The third-order valence-corrected chi connectivity index (χ3v) is 8.94. The molecule has 1 aliphatic heterocycles. The summed E-state index contributed by atoms with van der Waals surface area (Å²) in [4.78, 5) is 13.4. The molecule has 2 aromatic rings. The van der Waals surface area contributed by atoms with E-state index in [-0.39, 0.29) is 18.8 Å². The van der Waals surface area contributed by atoms with Gasteiger partial charge in [0.25, 0.3) is 0 Å². The van der Waals surface area contributed by atoms with Gasteiger partial charge in [0.1, 0.15) is 4.75 Å². The molecule has 0 saturated carbocycles. The predicted octanol–water partition coefficient (Wildman–Crippen LogP) is 2.60. The van der Waals surface area contributed by atoms with Gasteiger partial charge in [-0.05, 0) is 36.1 Å². The number of rotatable bonds is 5. The maximum absolute atomic E-state index is 12.9. The van der Waals surface area contributed by atoms with Crippen molar-refractivity contribution < 1.29 is 23.5 Å². The molecule has 0 bridgehead atoms. The van der Waals surface area contributed by atoms with Gasteiger partial charge in [0.2, 0.25) is 5.91 Å². The van der Waals surface area contributed by atoms with Gasteiger partial charge >= 0.3 is 0 Å². The molecule has 0 spiro atoms. The normalized spacial score (nSPS) is 22.1. The molecule has 0 aliphatic carbocycles. The Balaban J connectivity index is 2.02. The summed E-state index contributed by atoms with van der Waals surface area (Å²) in [5.74, 6) is -0.651. The molecule has 3 N–H and O–H groups in total. The minimum Gasteiger partial charge on any atom is -0.392 e. The van der Waals surface area contributed by atoms with E-state index in [1.807, 2.05) is 30.3 Å². The lowest BCUT2D eigenvalue weighted by atomic mass is 9.94. The zero-order valence-corrected chi connectivity index (χ0v) is 15.8. The molecule has 1 amide bonds. The second kappa shape index (κ2) is 7.48. The van der Waals surface area contributed by atoms with Crippen LogP contribution in [-0.4, -0.2) is 30.4 Å². The van der Waals surface area contributed by atoms with Crippen LogP contribution in [0.15, 0.2) is 36.4 Å². The van der Waals surface area contributed by atoms with Crippen LogP contribution in [-0.2, 0) is 26.0 Å².